The van der Waals surface area contributed by atoms with E-state index in [0.717, 1.165) is 6.26 Å². The number of ether oxygens (including phenoxy) is 1. The van der Waals surface area contributed by atoms with Crippen molar-refractivity contribution in [3.63, 3.8) is 0 Å². The molecule has 0 aromatic carbocycles. The van der Waals surface area contributed by atoms with Crippen LogP contribution >= 0.6 is 0 Å². The second-order valence-corrected chi connectivity index (χ2v) is 6.70. The highest BCUT2D eigenvalue weighted by molar-refractivity contribution is 7.85. The summed E-state index contributed by atoms with van der Waals surface area (Å²) in [4.78, 5) is 11.5. The maximum absolute atomic E-state index is 11.5. The zero-order valence-corrected chi connectivity index (χ0v) is 10.5. The fourth-order valence-electron chi connectivity index (χ4n) is 3.12. The molecule has 5 nitrogen and oxygen atoms in total. The van der Waals surface area contributed by atoms with Crippen molar-refractivity contribution in [1.82, 2.24) is 0 Å². The lowest BCUT2D eigenvalue weighted by Gasteiger charge is -2.73. The Labute approximate surface area is 95.2 Å². The van der Waals surface area contributed by atoms with E-state index >= 15 is 0 Å². The van der Waals surface area contributed by atoms with Crippen molar-refractivity contribution in [1.29, 1.82) is 0 Å². The van der Waals surface area contributed by atoms with Gasteiger partial charge < -0.3 is 4.74 Å². The Kier molecular flexibility index (Phi) is 2.37. The van der Waals surface area contributed by atoms with E-state index in [2.05, 4.69) is 0 Å². The standard InChI is InChI=1S/C10H16O5S/c1-7-9(6-15-16(3,12)13)4-10(7,5-9)8(11)14-2/h7H,4-6H2,1-3H3. The van der Waals surface area contributed by atoms with Crippen LogP contribution in [-0.2, 0) is 23.8 Å². The molecule has 0 saturated heterocycles. The average Bonchev–Trinajstić information content (AvgIpc) is 2.13. The van der Waals surface area contributed by atoms with Crippen LogP contribution in [0.15, 0.2) is 0 Å². The van der Waals surface area contributed by atoms with Gasteiger partial charge in [-0.1, -0.05) is 6.92 Å². The van der Waals surface area contributed by atoms with E-state index in [1.807, 2.05) is 6.92 Å². The van der Waals surface area contributed by atoms with Crippen LogP contribution in [0.4, 0.5) is 0 Å². The Hall–Kier alpha value is -0.620. The van der Waals surface area contributed by atoms with E-state index in [4.69, 9.17) is 8.92 Å². The maximum Gasteiger partial charge on any atom is 0.312 e. The fraction of sp³-hybridized carbons (Fsp3) is 0.900. The summed E-state index contributed by atoms with van der Waals surface area (Å²) in [5, 5.41) is 0. The summed E-state index contributed by atoms with van der Waals surface area (Å²) in [6.07, 6.45) is 2.41. The van der Waals surface area contributed by atoms with Gasteiger partial charge >= 0.3 is 5.97 Å². The predicted molar refractivity (Wildman–Crippen MR) is 56.1 cm³/mol. The average molecular weight is 248 g/mol. The largest absolute Gasteiger partial charge is 0.469 e. The molecule has 16 heavy (non-hydrogen) atoms. The van der Waals surface area contributed by atoms with Crippen molar-refractivity contribution in [3.05, 3.63) is 0 Å². The number of methoxy groups -OCH3 is 1. The van der Waals surface area contributed by atoms with Gasteiger partial charge in [-0.25, -0.2) is 0 Å². The maximum atomic E-state index is 11.5. The van der Waals surface area contributed by atoms with Crippen molar-refractivity contribution < 1.29 is 22.1 Å². The van der Waals surface area contributed by atoms with Crippen molar-refractivity contribution in [2.75, 3.05) is 20.0 Å². The molecule has 3 aliphatic rings. The highest BCUT2D eigenvalue weighted by Gasteiger charge is 2.77. The first-order valence-electron chi connectivity index (χ1n) is 5.19. The Morgan fingerprint density at radius 1 is 1.44 bits per heavy atom. The molecule has 3 rings (SSSR count). The molecule has 0 aromatic heterocycles. The smallest absolute Gasteiger partial charge is 0.312 e. The molecule has 0 spiro atoms. The van der Waals surface area contributed by atoms with Crippen molar-refractivity contribution >= 4 is 16.1 Å². The molecule has 1 unspecified atom stereocenters. The first kappa shape index (κ1) is 11.9. The molecule has 0 aromatic rings. The monoisotopic (exact) mass is 248 g/mol. The van der Waals surface area contributed by atoms with Crippen molar-refractivity contribution in [3.8, 4) is 0 Å². The van der Waals surface area contributed by atoms with Crippen LogP contribution in [0.25, 0.3) is 0 Å². The van der Waals surface area contributed by atoms with Crippen LogP contribution in [0.1, 0.15) is 19.8 Å². The molecule has 0 amide bonds. The van der Waals surface area contributed by atoms with Crippen LogP contribution in [0.3, 0.4) is 0 Å². The molecular weight excluding hydrogens is 232 g/mol. The SMILES string of the molecule is COC(=O)C12CC(COS(C)(=O)=O)(C1)C2C. The molecule has 3 saturated carbocycles. The number of hydrogen-bond acceptors (Lipinski definition) is 5. The minimum atomic E-state index is -3.39. The Bertz CT molecular complexity index is 418. The highest BCUT2D eigenvalue weighted by Crippen LogP contribution is 2.77. The lowest BCUT2D eigenvalue weighted by atomic mass is 9.29. The molecule has 3 fully saturated rings. The zero-order valence-electron chi connectivity index (χ0n) is 9.65. The van der Waals surface area contributed by atoms with E-state index in [1.165, 1.54) is 7.11 Å². The summed E-state index contributed by atoms with van der Waals surface area (Å²) in [6, 6.07) is 0. The van der Waals surface area contributed by atoms with Gasteiger partial charge in [0.15, 0.2) is 0 Å². The van der Waals surface area contributed by atoms with Crippen LogP contribution in [0.2, 0.25) is 0 Å². The molecule has 0 heterocycles. The molecular formula is C10H16O5S. The molecule has 0 aliphatic heterocycles. The number of hydrogen-bond donors (Lipinski definition) is 0. The lowest BCUT2D eigenvalue weighted by molar-refractivity contribution is -0.278. The number of carbonyl (C=O) groups is 1. The number of rotatable bonds is 4. The summed E-state index contributed by atoms with van der Waals surface area (Å²) < 4.78 is 31.4. The summed E-state index contributed by atoms with van der Waals surface area (Å²) in [6.45, 7) is 2.14. The van der Waals surface area contributed by atoms with Gasteiger partial charge in [-0.05, 0) is 18.8 Å². The molecule has 0 N–H and O–H groups in total. The van der Waals surface area contributed by atoms with Crippen molar-refractivity contribution in [2.24, 2.45) is 16.7 Å². The second kappa shape index (κ2) is 3.20. The first-order valence-corrected chi connectivity index (χ1v) is 7.00. The Morgan fingerprint density at radius 2 is 2.00 bits per heavy atom. The molecule has 2 bridgehead atoms. The Balaban J connectivity index is 1.97. The molecule has 1 atom stereocenters. The molecule has 92 valence electrons. The van der Waals surface area contributed by atoms with Gasteiger partial charge in [0.1, 0.15) is 0 Å². The molecule has 3 aliphatic carbocycles. The summed E-state index contributed by atoms with van der Waals surface area (Å²) >= 11 is 0. The number of carbonyl (C=O) groups excluding carboxylic acids is 1. The fourth-order valence-corrected chi connectivity index (χ4v) is 3.57. The highest BCUT2D eigenvalue weighted by atomic mass is 32.2. The predicted octanol–water partition coefficient (Wildman–Crippen LogP) is 0.552. The zero-order chi connectivity index (χ0) is 12.2. The molecule has 0 radical (unpaired) electrons. The summed E-state index contributed by atoms with van der Waals surface area (Å²) in [5.74, 6) is -0.0320. The topological polar surface area (TPSA) is 69.7 Å². The Morgan fingerprint density at radius 3 is 2.38 bits per heavy atom. The summed E-state index contributed by atoms with van der Waals surface area (Å²) in [7, 11) is -2.01. The number of esters is 1. The van der Waals surface area contributed by atoms with Gasteiger partial charge in [-0.15, -0.1) is 0 Å². The third-order valence-electron chi connectivity index (χ3n) is 4.23. The van der Waals surface area contributed by atoms with Crippen LogP contribution in [-0.4, -0.2) is 34.4 Å². The van der Waals surface area contributed by atoms with Gasteiger partial charge in [0.2, 0.25) is 0 Å². The lowest BCUT2D eigenvalue weighted by Crippen LogP contribution is -2.74. The summed E-state index contributed by atoms with van der Waals surface area (Å²) in [5.41, 5.74) is -0.493. The van der Waals surface area contributed by atoms with E-state index in [-0.39, 0.29) is 29.3 Å². The van der Waals surface area contributed by atoms with Gasteiger partial charge in [-0.2, -0.15) is 8.42 Å². The van der Waals surface area contributed by atoms with E-state index in [0.29, 0.717) is 12.8 Å². The van der Waals surface area contributed by atoms with Crippen LogP contribution in [0, 0.1) is 16.7 Å². The molecule has 6 heteroatoms. The quantitative estimate of drug-likeness (QED) is 0.537. The van der Waals surface area contributed by atoms with Crippen LogP contribution in [0.5, 0.6) is 0 Å². The minimum Gasteiger partial charge on any atom is -0.469 e. The third-order valence-corrected chi connectivity index (χ3v) is 4.78. The van der Waals surface area contributed by atoms with Gasteiger partial charge in [0.25, 0.3) is 10.1 Å². The minimum absolute atomic E-state index is 0.128. The van der Waals surface area contributed by atoms with Gasteiger partial charge in [0.05, 0.1) is 25.4 Å². The third kappa shape index (κ3) is 1.39. The second-order valence-electron chi connectivity index (χ2n) is 5.05. The van der Waals surface area contributed by atoms with E-state index in [1.54, 1.807) is 0 Å². The van der Waals surface area contributed by atoms with Gasteiger partial charge in [-0.3, -0.25) is 8.98 Å². The van der Waals surface area contributed by atoms with Crippen molar-refractivity contribution in [2.45, 2.75) is 19.8 Å². The van der Waals surface area contributed by atoms with Gasteiger partial charge in [0, 0.05) is 5.41 Å². The normalized spacial score (nSPS) is 40.8. The first-order chi connectivity index (χ1) is 7.26. The van der Waals surface area contributed by atoms with Crippen LogP contribution < -0.4 is 0 Å². The van der Waals surface area contributed by atoms with E-state index < -0.39 is 10.1 Å². The van der Waals surface area contributed by atoms with E-state index in [9.17, 15) is 13.2 Å².